The van der Waals surface area contributed by atoms with Crippen molar-refractivity contribution in [3.63, 3.8) is 0 Å². The number of halogens is 1. The molecule has 1 unspecified atom stereocenters. The largest absolute Gasteiger partial charge is 0.496 e. The van der Waals surface area contributed by atoms with Gasteiger partial charge in [0.2, 0.25) is 0 Å². The maximum atomic E-state index is 12.2. The summed E-state index contributed by atoms with van der Waals surface area (Å²) in [6.45, 7) is 0.421. The van der Waals surface area contributed by atoms with Gasteiger partial charge in [-0.15, -0.1) is 0 Å². The van der Waals surface area contributed by atoms with Crippen LogP contribution in [0.3, 0.4) is 0 Å². The Kier molecular flexibility index (Phi) is 6.90. The molecule has 5 nitrogen and oxygen atoms in total. The molecule has 2 rings (SSSR count). The molecule has 0 aliphatic carbocycles. The monoisotopic (exact) mass is 348 g/mol. The molecule has 0 aromatic heterocycles. The second kappa shape index (κ2) is 9.15. The quantitative estimate of drug-likeness (QED) is 0.673. The van der Waals surface area contributed by atoms with E-state index in [1.807, 2.05) is 42.5 Å². The highest BCUT2D eigenvalue weighted by atomic mass is 35.5. The summed E-state index contributed by atoms with van der Waals surface area (Å²) in [6.07, 6.45) is 0.499. The number of rotatable bonds is 7. The summed E-state index contributed by atoms with van der Waals surface area (Å²) in [5.41, 5.74) is 1.59. The summed E-state index contributed by atoms with van der Waals surface area (Å²) in [7, 11) is 1.59. The second-order valence-electron chi connectivity index (χ2n) is 5.17. The molecular formula is C18H21ClN2O3. The highest BCUT2D eigenvalue weighted by Crippen LogP contribution is 2.33. The minimum Gasteiger partial charge on any atom is -0.496 e. The first-order chi connectivity index (χ1) is 11.7. The maximum Gasteiger partial charge on any atom is 0.315 e. The number of carbonyl (C=O) groups excluding carboxylic acids is 1. The van der Waals surface area contributed by atoms with Crippen LogP contribution in [0.25, 0.3) is 0 Å². The summed E-state index contributed by atoms with van der Waals surface area (Å²) >= 11 is 6.33. The Bertz CT molecular complexity index is 679. The van der Waals surface area contributed by atoms with Crippen LogP contribution < -0.4 is 15.4 Å². The Morgan fingerprint density at radius 3 is 2.50 bits per heavy atom. The number of aliphatic hydroxyl groups is 1. The molecule has 2 aromatic carbocycles. The smallest absolute Gasteiger partial charge is 0.315 e. The zero-order chi connectivity index (χ0) is 17.4. The van der Waals surface area contributed by atoms with Crippen molar-refractivity contribution in [3.05, 3.63) is 64.7 Å². The van der Waals surface area contributed by atoms with Gasteiger partial charge in [0.15, 0.2) is 0 Å². The fourth-order valence-electron chi connectivity index (χ4n) is 2.40. The third-order valence-electron chi connectivity index (χ3n) is 3.56. The van der Waals surface area contributed by atoms with Crippen molar-refractivity contribution >= 4 is 17.6 Å². The number of nitrogens with one attached hydrogen (secondary N) is 2. The predicted molar refractivity (Wildman–Crippen MR) is 94.5 cm³/mol. The molecule has 3 N–H and O–H groups in total. The van der Waals surface area contributed by atoms with Gasteiger partial charge in [0.25, 0.3) is 0 Å². The van der Waals surface area contributed by atoms with Gasteiger partial charge in [0.1, 0.15) is 5.75 Å². The highest BCUT2D eigenvalue weighted by molar-refractivity contribution is 6.31. The van der Waals surface area contributed by atoms with Crippen molar-refractivity contribution in [1.82, 2.24) is 10.6 Å². The number of benzene rings is 2. The van der Waals surface area contributed by atoms with Crippen LogP contribution in [0, 0.1) is 0 Å². The normalized spacial score (nSPS) is 11.6. The zero-order valence-corrected chi connectivity index (χ0v) is 14.2. The van der Waals surface area contributed by atoms with Crippen LogP contribution in [0.1, 0.15) is 23.6 Å². The summed E-state index contributed by atoms with van der Waals surface area (Å²) in [6, 6.07) is 14.0. The summed E-state index contributed by atoms with van der Waals surface area (Å²) < 4.78 is 5.42. The van der Waals surface area contributed by atoms with Crippen molar-refractivity contribution in [2.75, 3.05) is 20.3 Å². The molecule has 0 aliphatic heterocycles. The van der Waals surface area contributed by atoms with Crippen molar-refractivity contribution in [2.45, 2.75) is 12.5 Å². The average molecular weight is 349 g/mol. The molecule has 0 saturated carbocycles. The Hall–Kier alpha value is -2.24. The van der Waals surface area contributed by atoms with Crippen LogP contribution in [-0.4, -0.2) is 31.4 Å². The summed E-state index contributed by atoms with van der Waals surface area (Å²) in [4.78, 5) is 12.2. The van der Waals surface area contributed by atoms with Crippen LogP contribution in [0.15, 0.2) is 48.5 Å². The zero-order valence-electron chi connectivity index (χ0n) is 13.5. The molecule has 6 heteroatoms. The lowest BCUT2D eigenvalue weighted by Crippen LogP contribution is -2.39. The molecule has 1 atom stereocenters. The van der Waals surface area contributed by atoms with Crippen molar-refractivity contribution in [2.24, 2.45) is 0 Å². The predicted octanol–water partition coefficient (Wildman–Crippen LogP) is 3.12. The number of hydrogen-bond acceptors (Lipinski definition) is 3. The number of amides is 2. The molecule has 0 radical (unpaired) electrons. The molecule has 0 bridgehead atoms. The van der Waals surface area contributed by atoms with Crippen LogP contribution >= 0.6 is 11.6 Å². The van der Waals surface area contributed by atoms with Crippen molar-refractivity contribution < 1.29 is 14.6 Å². The lowest BCUT2D eigenvalue weighted by molar-refractivity contribution is 0.236. The van der Waals surface area contributed by atoms with E-state index in [9.17, 15) is 4.79 Å². The Labute approximate surface area is 146 Å². The molecular weight excluding hydrogens is 328 g/mol. The van der Waals surface area contributed by atoms with E-state index in [2.05, 4.69) is 10.6 Å². The number of urea groups is 1. The van der Waals surface area contributed by atoms with Gasteiger partial charge in [-0.05, 0) is 24.1 Å². The van der Waals surface area contributed by atoms with Gasteiger partial charge >= 0.3 is 6.03 Å². The topological polar surface area (TPSA) is 70.6 Å². The fourth-order valence-corrected chi connectivity index (χ4v) is 2.65. The van der Waals surface area contributed by atoms with Gasteiger partial charge in [-0.2, -0.15) is 0 Å². The van der Waals surface area contributed by atoms with Gasteiger partial charge in [-0.3, -0.25) is 0 Å². The molecule has 24 heavy (non-hydrogen) atoms. The van der Waals surface area contributed by atoms with Gasteiger partial charge in [0.05, 0.1) is 13.2 Å². The first kappa shape index (κ1) is 18.1. The minimum absolute atomic E-state index is 0.0285. The number of carbonyl (C=O) groups is 1. The number of ether oxygens (including phenoxy) is 1. The van der Waals surface area contributed by atoms with E-state index >= 15 is 0 Å². The average Bonchev–Trinajstić information content (AvgIpc) is 2.60. The third kappa shape index (κ3) is 4.63. The van der Waals surface area contributed by atoms with E-state index in [0.717, 1.165) is 11.1 Å². The van der Waals surface area contributed by atoms with E-state index in [4.69, 9.17) is 21.4 Å². The summed E-state index contributed by atoms with van der Waals surface area (Å²) in [5, 5.41) is 15.0. The Morgan fingerprint density at radius 2 is 1.83 bits per heavy atom. The lowest BCUT2D eigenvalue weighted by atomic mass is 9.98. The number of methoxy groups -OCH3 is 1. The summed E-state index contributed by atoms with van der Waals surface area (Å²) in [5.74, 6) is 0.665. The van der Waals surface area contributed by atoms with Crippen LogP contribution in [0.4, 0.5) is 4.79 Å². The van der Waals surface area contributed by atoms with Crippen LogP contribution in [0.5, 0.6) is 5.75 Å². The van der Waals surface area contributed by atoms with Crippen LogP contribution in [0.2, 0.25) is 5.02 Å². The third-order valence-corrected chi connectivity index (χ3v) is 3.91. The highest BCUT2D eigenvalue weighted by Gasteiger charge is 2.22. The van der Waals surface area contributed by atoms with Crippen molar-refractivity contribution in [1.29, 1.82) is 0 Å². The van der Waals surface area contributed by atoms with Crippen LogP contribution in [-0.2, 0) is 0 Å². The van der Waals surface area contributed by atoms with Gasteiger partial charge in [-0.25, -0.2) is 4.79 Å². The molecule has 0 spiro atoms. The molecule has 0 saturated heterocycles. The van der Waals surface area contributed by atoms with Gasteiger partial charge in [0, 0.05) is 23.7 Å². The molecule has 2 aromatic rings. The van der Waals surface area contributed by atoms with E-state index in [-0.39, 0.29) is 12.6 Å². The van der Waals surface area contributed by atoms with Gasteiger partial charge < -0.3 is 20.5 Å². The van der Waals surface area contributed by atoms with Gasteiger partial charge in [-0.1, -0.05) is 48.0 Å². The Morgan fingerprint density at radius 1 is 1.17 bits per heavy atom. The number of aliphatic hydroxyl groups excluding tert-OH is 1. The van der Waals surface area contributed by atoms with E-state index in [1.165, 1.54) is 0 Å². The minimum atomic E-state index is -0.455. The first-order valence-corrected chi connectivity index (χ1v) is 8.07. The first-order valence-electron chi connectivity index (χ1n) is 7.70. The van der Waals surface area contributed by atoms with E-state index in [1.54, 1.807) is 13.2 Å². The molecule has 2 amide bonds. The van der Waals surface area contributed by atoms with Crippen molar-refractivity contribution in [3.8, 4) is 5.75 Å². The fraction of sp³-hybridized carbons (Fsp3) is 0.278. The van der Waals surface area contributed by atoms with E-state index < -0.39 is 6.04 Å². The van der Waals surface area contributed by atoms with E-state index in [0.29, 0.717) is 23.7 Å². The SMILES string of the molecule is COc1ccccc1C(NC(=O)NCCCO)c1ccccc1Cl. The maximum absolute atomic E-state index is 12.2. The lowest BCUT2D eigenvalue weighted by Gasteiger charge is -2.23. The Balaban J connectivity index is 2.32. The number of hydrogen-bond donors (Lipinski definition) is 3. The molecule has 0 fully saturated rings. The molecule has 128 valence electrons. The second-order valence-corrected chi connectivity index (χ2v) is 5.58. The number of para-hydroxylation sites is 1. The standard InChI is InChI=1S/C18H21ClN2O3/c1-24-16-10-5-3-8-14(16)17(13-7-2-4-9-15(13)19)21-18(23)20-11-6-12-22/h2-5,7-10,17,22H,6,11-12H2,1H3,(H2,20,21,23). The molecule has 0 aliphatic rings. The molecule has 0 heterocycles.